The number of likely N-dealkylation sites (tertiary alicyclic amines) is 1. The molecule has 0 spiro atoms. The van der Waals surface area contributed by atoms with Gasteiger partial charge in [-0.25, -0.2) is 0 Å². The second-order valence-corrected chi connectivity index (χ2v) is 5.80. The molecule has 3 nitrogen and oxygen atoms in total. The maximum Gasteiger partial charge on any atom is 0.0667 e. The van der Waals surface area contributed by atoms with Crippen LogP contribution in [0.25, 0.3) is 0 Å². The van der Waals surface area contributed by atoms with Crippen molar-refractivity contribution in [3.8, 4) is 0 Å². The molecular weight excluding hydrogens is 236 g/mol. The van der Waals surface area contributed by atoms with Crippen LogP contribution in [0.5, 0.6) is 0 Å². The van der Waals surface area contributed by atoms with Crippen LogP contribution in [-0.4, -0.2) is 42.8 Å². The normalized spacial score (nSPS) is 22.2. The van der Waals surface area contributed by atoms with Gasteiger partial charge >= 0.3 is 0 Å². The molecule has 0 aromatic heterocycles. The quantitative estimate of drug-likeness (QED) is 0.903. The summed E-state index contributed by atoms with van der Waals surface area (Å²) in [4.78, 5) is 4.60. The third-order valence-corrected chi connectivity index (χ3v) is 4.07. The molecular formula is C16H26N2O. The van der Waals surface area contributed by atoms with Gasteiger partial charge in [0.15, 0.2) is 0 Å². The lowest BCUT2D eigenvalue weighted by Crippen LogP contribution is -2.45. The molecule has 1 saturated heterocycles. The molecule has 1 N–H and O–H groups in total. The molecule has 0 radical (unpaired) electrons. The number of anilines is 1. The Bertz CT molecular complexity index is 403. The maximum absolute atomic E-state index is 9.95. The highest BCUT2D eigenvalue weighted by atomic mass is 16.3. The molecule has 1 aliphatic rings. The van der Waals surface area contributed by atoms with Crippen LogP contribution in [0.4, 0.5) is 5.69 Å². The molecule has 19 heavy (non-hydrogen) atoms. The standard InChI is InChI=1S/C16H26N2O/c1-13(19)15-9-6-7-11-18(15)12-14-8-4-5-10-16(14)17(2)3/h4-5,8,10,13,15,19H,6-7,9,11-12H2,1-3H3. The van der Waals surface area contributed by atoms with Gasteiger partial charge in [0.25, 0.3) is 0 Å². The molecule has 1 aromatic carbocycles. The van der Waals surface area contributed by atoms with Gasteiger partial charge in [0.05, 0.1) is 6.10 Å². The Hall–Kier alpha value is -1.06. The molecule has 2 rings (SSSR count). The fourth-order valence-corrected chi connectivity index (χ4v) is 3.06. The lowest BCUT2D eigenvalue weighted by atomic mass is 9.97. The van der Waals surface area contributed by atoms with Crippen LogP contribution in [0.1, 0.15) is 31.7 Å². The fourth-order valence-electron chi connectivity index (χ4n) is 3.06. The summed E-state index contributed by atoms with van der Waals surface area (Å²) in [7, 11) is 4.17. The number of aliphatic hydroxyl groups is 1. The van der Waals surface area contributed by atoms with Crippen molar-refractivity contribution in [1.82, 2.24) is 4.90 Å². The van der Waals surface area contributed by atoms with E-state index in [1.165, 1.54) is 24.1 Å². The fraction of sp³-hybridized carbons (Fsp3) is 0.625. The maximum atomic E-state index is 9.95. The number of hydrogen-bond donors (Lipinski definition) is 1. The zero-order chi connectivity index (χ0) is 13.8. The van der Waals surface area contributed by atoms with E-state index in [0.29, 0.717) is 6.04 Å². The van der Waals surface area contributed by atoms with Crippen molar-refractivity contribution >= 4 is 5.69 Å². The number of hydrogen-bond acceptors (Lipinski definition) is 3. The first-order valence-corrected chi connectivity index (χ1v) is 7.27. The molecule has 0 bridgehead atoms. The zero-order valence-electron chi connectivity index (χ0n) is 12.3. The van der Waals surface area contributed by atoms with Gasteiger partial charge < -0.3 is 10.0 Å². The van der Waals surface area contributed by atoms with Crippen molar-refractivity contribution in [3.63, 3.8) is 0 Å². The molecule has 0 saturated carbocycles. The van der Waals surface area contributed by atoms with Crippen molar-refractivity contribution in [1.29, 1.82) is 0 Å². The van der Waals surface area contributed by atoms with Crippen LogP contribution >= 0.6 is 0 Å². The molecule has 1 aromatic rings. The molecule has 0 amide bonds. The highest BCUT2D eigenvalue weighted by Gasteiger charge is 2.26. The van der Waals surface area contributed by atoms with Crippen molar-refractivity contribution < 1.29 is 5.11 Å². The van der Waals surface area contributed by atoms with Crippen molar-refractivity contribution in [2.75, 3.05) is 25.5 Å². The summed E-state index contributed by atoms with van der Waals surface area (Å²) in [5, 5.41) is 9.95. The molecule has 0 aliphatic carbocycles. The van der Waals surface area contributed by atoms with Crippen LogP contribution in [0.15, 0.2) is 24.3 Å². The van der Waals surface area contributed by atoms with Gasteiger partial charge in [-0.3, -0.25) is 4.90 Å². The summed E-state index contributed by atoms with van der Waals surface area (Å²) in [6, 6.07) is 8.86. The third kappa shape index (κ3) is 3.48. The Morgan fingerprint density at radius 2 is 2.05 bits per heavy atom. The zero-order valence-corrected chi connectivity index (χ0v) is 12.3. The van der Waals surface area contributed by atoms with Gasteiger partial charge in [0.1, 0.15) is 0 Å². The molecule has 1 aliphatic heterocycles. The highest BCUT2D eigenvalue weighted by Crippen LogP contribution is 2.25. The van der Waals surface area contributed by atoms with Crippen molar-refractivity contribution in [2.45, 2.75) is 44.9 Å². The van der Waals surface area contributed by atoms with Gasteiger partial charge in [-0.15, -0.1) is 0 Å². The van der Waals surface area contributed by atoms with Gasteiger partial charge in [0, 0.05) is 32.4 Å². The van der Waals surface area contributed by atoms with Gasteiger partial charge in [-0.05, 0) is 37.9 Å². The summed E-state index contributed by atoms with van der Waals surface area (Å²) < 4.78 is 0. The number of aliphatic hydroxyl groups excluding tert-OH is 1. The van der Waals surface area contributed by atoms with Gasteiger partial charge in [-0.2, -0.15) is 0 Å². The molecule has 106 valence electrons. The average molecular weight is 262 g/mol. The predicted molar refractivity (Wildman–Crippen MR) is 80.5 cm³/mol. The largest absolute Gasteiger partial charge is 0.392 e. The minimum atomic E-state index is -0.244. The summed E-state index contributed by atoms with van der Waals surface area (Å²) >= 11 is 0. The van der Waals surface area contributed by atoms with E-state index in [-0.39, 0.29) is 6.10 Å². The topological polar surface area (TPSA) is 26.7 Å². The number of benzene rings is 1. The summed E-state index contributed by atoms with van der Waals surface area (Å²) in [5.74, 6) is 0. The highest BCUT2D eigenvalue weighted by molar-refractivity contribution is 5.52. The molecule has 3 heteroatoms. The van der Waals surface area contributed by atoms with E-state index in [4.69, 9.17) is 0 Å². The van der Waals surface area contributed by atoms with E-state index in [2.05, 4.69) is 48.2 Å². The van der Waals surface area contributed by atoms with Crippen LogP contribution < -0.4 is 4.90 Å². The minimum Gasteiger partial charge on any atom is -0.392 e. The van der Waals surface area contributed by atoms with E-state index >= 15 is 0 Å². The second-order valence-electron chi connectivity index (χ2n) is 5.80. The van der Waals surface area contributed by atoms with Crippen LogP contribution in [-0.2, 0) is 6.54 Å². The first-order valence-electron chi connectivity index (χ1n) is 7.27. The Labute approximate surface area is 116 Å². The Kier molecular flexibility index (Phi) is 4.83. The number of para-hydroxylation sites is 1. The monoisotopic (exact) mass is 262 g/mol. The first kappa shape index (κ1) is 14.4. The summed E-state index contributed by atoms with van der Waals surface area (Å²) in [6.07, 6.45) is 3.35. The lowest BCUT2D eigenvalue weighted by molar-refractivity contribution is 0.0317. The summed E-state index contributed by atoms with van der Waals surface area (Å²) in [6.45, 7) is 3.95. The van der Waals surface area contributed by atoms with E-state index in [1.807, 2.05) is 6.92 Å². The van der Waals surface area contributed by atoms with E-state index in [1.54, 1.807) is 0 Å². The second kappa shape index (κ2) is 6.40. The Morgan fingerprint density at radius 1 is 1.32 bits per heavy atom. The average Bonchev–Trinajstić information content (AvgIpc) is 2.39. The van der Waals surface area contributed by atoms with Crippen molar-refractivity contribution in [2.24, 2.45) is 0 Å². The molecule has 2 unspecified atom stereocenters. The van der Waals surface area contributed by atoms with E-state index in [9.17, 15) is 5.11 Å². The predicted octanol–water partition coefficient (Wildman–Crippen LogP) is 2.49. The SMILES string of the molecule is CC(O)C1CCCCN1Cc1ccccc1N(C)C. The van der Waals surface area contributed by atoms with Gasteiger partial charge in [0.2, 0.25) is 0 Å². The van der Waals surface area contributed by atoms with E-state index in [0.717, 1.165) is 19.5 Å². The number of rotatable bonds is 4. The van der Waals surface area contributed by atoms with Crippen LogP contribution in [0, 0.1) is 0 Å². The third-order valence-electron chi connectivity index (χ3n) is 4.07. The lowest BCUT2D eigenvalue weighted by Gasteiger charge is -2.38. The van der Waals surface area contributed by atoms with Gasteiger partial charge in [-0.1, -0.05) is 24.6 Å². The number of piperidine rings is 1. The van der Waals surface area contributed by atoms with Crippen molar-refractivity contribution in [3.05, 3.63) is 29.8 Å². The molecule has 2 atom stereocenters. The molecule has 1 fully saturated rings. The number of nitrogens with zero attached hydrogens (tertiary/aromatic N) is 2. The molecule has 1 heterocycles. The van der Waals surface area contributed by atoms with Crippen LogP contribution in [0.3, 0.4) is 0 Å². The Morgan fingerprint density at radius 3 is 2.74 bits per heavy atom. The Balaban J connectivity index is 2.15. The smallest absolute Gasteiger partial charge is 0.0667 e. The minimum absolute atomic E-state index is 0.244. The first-order chi connectivity index (χ1) is 9.09. The van der Waals surface area contributed by atoms with E-state index < -0.39 is 0 Å². The summed E-state index contributed by atoms with van der Waals surface area (Å²) in [5.41, 5.74) is 2.62. The van der Waals surface area contributed by atoms with Crippen LogP contribution in [0.2, 0.25) is 0 Å².